The average Bonchev–Trinajstić information content (AvgIpc) is 2.69. The molecule has 0 saturated carbocycles. The summed E-state index contributed by atoms with van der Waals surface area (Å²) in [6, 6.07) is 19.5. The number of benzene rings is 1. The predicted molar refractivity (Wildman–Crippen MR) is 110 cm³/mol. The molecule has 4 rings (SSSR count). The van der Waals surface area contributed by atoms with Crippen LogP contribution in [0.1, 0.15) is 46.8 Å². The van der Waals surface area contributed by atoms with Crippen LogP contribution < -0.4 is 0 Å². The van der Waals surface area contributed by atoms with Crippen LogP contribution >= 0.6 is 0 Å². The molecule has 1 saturated heterocycles. The van der Waals surface area contributed by atoms with Crippen LogP contribution in [-0.4, -0.2) is 28.0 Å². The topological polar surface area (TPSA) is 29.0 Å². The molecule has 3 nitrogen and oxygen atoms in total. The second-order valence-electron chi connectivity index (χ2n) is 7.64. The van der Waals surface area contributed by atoms with Crippen molar-refractivity contribution in [2.24, 2.45) is 0 Å². The van der Waals surface area contributed by atoms with Gasteiger partial charge >= 0.3 is 0 Å². The molecule has 3 heteroatoms. The first-order chi connectivity index (χ1) is 13.3. The molecule has 1 atom stereocenters. The summed E-state index contributed by atoms with van der Waals surface area (Å²) in [7, 11) is 0. The monoisotopic (exact) mass is 357 g/mol. The van der Waals surface area contributed by atoms with Gasteiger partial charge < -0.3 is 0 Å². The molecule has 1 aromatic carbocycles. The van der Waals surface area contributed by atoms with Crippen LogP contribution in [0.2, 0.25) is 0 Å². The molecule has 138 valence electrons. The Balaban J connectivity index is 1.48. The van der Waals surface area contributed by atoms with Gasteiger partial charge in [0.05, 0.1) is 0 Å². The van der Waals surface area contributed by atoms with Crippen molar-refractivity contribution in [3.05, 3.63) is 95.1 Å². The van der Waals surface area contributed by atoms with Crippen LogP contribution in [-0.2, 0) is 13.0 Å². The first-order valence-electron chi connectivity index (χ1n) is 9.89. The number of aryl methyl sites for hydroxylation is 1. The molecule has 1 unspecified atom stereocenters. The maximum atomic E-state index is 4.90. The van der Waals surface area contributed by atoms with Crippen LogP contribution in [0.15, 0.2) is 67.0 Å². The molecule has 0 spiro atoms. The highest BCUT2D eigenvalue weighted by atomic mass is 15.1. The SMILES string of the molecule is Cc1cc(Cc2ccccc2)cc(C2CCCN(Cc3cccnc3)C2)n1. The van der Waals surface area contributed by atoms with Crippen molar-refractivity contribution in [2.75, 3.05) is 13.1 Å². The smallest absolute Gasteiger partial charge is 0.0453 e. The Morgan fingerprint density at radius 1 is 1.00 bits per heavy atom. The molecule has 0 aliphatic carbocycles. The van der Waals surface area contributed by atoms with E-state index < -0.39 is 0 Å². The van der Waals surface area contributed by atoms with E-state index in [1.807, 2.05) is 18.5 Å². The number of hydrogen-bond acceptors (Lipinski definition) is 3. The van der Waals surface area contributed by atoms with E-state index in [4.69, 9.17) is 4.98 Å². The van der Waals surface area contributed by atoms with Crippen molar-refractivity contribution in [3.63, 3.8) is 0 Å². The van der Waals surface area contributed by atoms with E-state index in [0.29, 0.717) is 5.92 Å². The van der Waals surface area contributed by atoms with Gasteiger partial charge in [0.15, 0.2) is 0 Å². The molecule has 1 aliphatic heterocycles. The number of nitrogens with zero attached hydrogens (tertiary/aromatic N) is 3. The van der Waals surface area contributed by atoms with Crippen molar-refractivity contribution in [1.82, 2.24) is 14.9 Å². The first kappa shape index (κ1) is 17.9. The second kappa shape index (κ2) is 8.45. The van der Waals surface area contributed by atoms with E-state index in [2.05, 4.69) is 65.3 Å². The molecule has 1 aliphatic rings. The van der Waals surface area contributed by atoms with Crippen molar-refractivity contribution in [2.45, 2.75) is 38.6 Å². The largest absolute Gasteiger partial charge is 0.298 e. The van der Waals surface area contributed by atoms with Crippen LogP contribution in [0, 0.1) is 6.92 Å². The Labute approximate surface area is 162 Å². The zero-order valence-corrected chi connectivity index (χ0v) is 16.0. The van der Waals surface area contributed by atoms with Gasteiger partial charge in [-0.05, 0) is 67.6 Å². The normalized spacial score (nSPS) is 17.7. The maximum Gasteiger partial charge on any atom is 0.0453 e. The van der Waals surface area contributed by atoms with Crippen molar-refractivity contribution >= 4 is 0 Å². The van der Waals surface area contributed by atoms with Crippen molar-refractivity contribution in [3.8, 4) is 0 Å². The van der Waals surface area contributed by atoms with Crippen molar-refractivity contribution in [1.29, 1.82) is 0 Å². The Morgan fingerprint density at radius 3 is 2.67 bits per heavy atom. The highest BCUT2D eigenvalue weighted by Gasteiger charge is 2.23. The zero-order chi connectivity index (χ0) is 18.5. The van der Waals surface area contributed by atoms with Gasteiger partial charge in [-0.15, -0.1) is 0 Å². The summed E-state index contributed by atoms with van der Waals surface area (Å²) in [5.41, 5.74) is 6.41. The molecule has 0 radical (unpaired) electrons. The minimum atomic E-state index is 0.518. The fourth-order valence-electron chi connectivity index (χ4n) is 4.10. The predicted octanol–water partition coefficient (Wildman–Crippen LogP) is 4.76. The maximum absolute atomic E-state index is 4.90. The highest BCUT2D eigenvalue weighted by molar-refractivity contribution is 5.30. The minimum Gasteiger partial charge on any atom is -0.298 e. The van der Waals surface area contributed by atoms with E-state index in [-0.39, 0.29) is 0 Å². The van der Waals surface area contributed by atoms with Gasteiger partial charge in [0, 0.05) is 42.8 Å². The lowest BCUT2D eigenvalue weighted by Crippen LogP contribution is -2.34. The summed E-state index contributed by atoms with van der Waals surface area (Å²) in [4.78, 5) is 11.7. The second-order valence-corrected chi connectivity index (χ2v) is 7.64. The summed E-state index contributed by atoms with van der Waals surface area (Å²) in [6.45, 7) is 5.34. The van der Waals surface area contributed by atoms with E-state index >= 15 is 0 Å². The van der Waals surface area contributed by atoms with Gasteiger partial charge in [0.1, 0.15) is 0 Å². The van der Waals surface area contributed by atoms with Gasteiger partial charge in [-0.2, -0.15) is 0 Å². The van der Waals surface area contributed by atoms with Gasteiger partial charge in [0.2, 0.25) is 0 Å². The third-order valence-corrected chi connectivity index (χ3v) is 5.34. The fourth-order valence-corrected chi connectivity index (χ4v) is 4.10. The van der Waals surface area contributed by atoms with Gasteiger partial charge in [-0.3, -0.25) is 14.9 Å². The molecular formula is C24H27N3. The lowest BCUT2D eigenvalue weighted by molar-refractivity contribution is 0.198. The standard InChI is InChI=1S/C24H27N3/c1-19-13-22(14-20-7-3-2-4-8-20)15-24(26-19)23-10-6-12-27(18-23)17-21-9-5-11-25-16-21/h2-5,7-9,11,13,15-16,23H,6,10,12,14,17-18H2,1H3. The summed E-state index contributed by atoms with van der Waals surface area (Å²) in [5, 5.41) is 0. The molecule has 0 bridgehead atoms. The Morgan fingerprint density at radius 2 is 1.85 bits per heavy atom. The highest BCUT2D eigenvalue weighted by Crippen LogP contribution is 2.28. The number of pyridine rings is 2. The number of aromatic nitrogens is 2. The molecule has 27 heavy (non-hydrogen) atoms. The van der Waals surface area contributed by atoms with E-state index in [1.54, 1.807) is 0 Å². The number of piperidine rings is 1. The number of likely N-dealkylation sites (tertiary alicyclic amines) is 1. The van der Waals surface area contributed by atoms with Crippen LogP contribution in [0.3, 0.4) is 0 Å². The Bertz CT molecular complexity index is 861. The molecular weight excluding hydrogens is 330 g/mol. The molecule has 1 fully saturated rings. The third kappa shape index (κ3) is 4.81. The summed E-state index contributed by atoms with van der Waals surface area (Å²) in [6.07, 6.45) is 7.25. The lowest BCUT2D eigenvalue weighted by atomic mass is 9.92. The molecule has 2 aromatic heterocycles. The fraction of sp³-hybridized carbons (Fsp3) is 0.333. The Kier molecular flexibility index (Phi) is 5.59. The average molecular weight is 358 g/mol. The minimum absolute atomic E-state index is 0.518. The van der Waals surface area contributed by atoms with Gasteiger partial charge in [0.25, 0.3) is 0 Å². The number of hydrogen-bond donors (Lipinski definition) is 0. The van der Waals surface area contributed by atoms with Crippen LogP contribution in [0.5, 0.6) is 0 Å². The van der Waals surface area contributed by atoms with Crippen LogP contribution in [0.4, 0.5) is 0 Å². The number of rotatable bonds is 5. The van der Waals surface area contributed by atoms with E-state index in [0.717, 1.165) is 31.7 Å². The molecule has 0 N–H and O–H groups in total. The van der Waals surface area contributed by atoms with E-state index in [9.17, 15) is 0 Å². The van der Waals surface area contributed by atoms with Gasteiger partial charge in [-0.1, -0.05) is 36.4 Å². The molecule has 0 amide bonds. The molecule has 3 aromatic rings. The lowest BCUT2D eigenvalue weighted by Gasteiger charge is -2.32. The molecule has 3 heterocycles. The zero-order valence-electron chi connectivity index (χ0n) is 16.0. The first-order valence-corrected chi connectivity index (χ1v) is 9.89. The Hall–Kier alpha value is -2.52. The summed E-state index contributed by atoms with van der Waals surface area (Å²) >= 11 is 0. The third-order valence-electron chi connectivity index (χ3n) is 5.34. The van der Waals surface area contributed by atoms with Crippen molar-refractivity contribution < 1.29 is 0 Å². The summed E-state index contributed by atoms with van der Waals surface area (Å²) < 4.78 is 0. The summed E-state index contributed by atoms with van der Waals surface area (Å²) in [5.74, 6) is 0.518. The van der Waals surface area contributed by atoms with E-state index in [1.165, 1.54) is 35.2 Å². The van der Waals surface area contributed by atoms with Gasteiger partial charge in [-0.25, -0.2) is 0 Å². The van der Waals surface area contributed by atoms with Crippen LogP contribution in [0.25, 0.3) is 0 Å². The quantitative estimate of drug-likeness (QED) is 0.659.